The Hall–Kier alpha value is -2.69. The number of hydrogen-bond acceptors (Lipinski definition) is 2. The van der Waals surface area contributed by atoms with Gasteiger partial charge in [0.1, 0.15) is 11.9 Å². The molecular weight excluding hydrogens is 307 g/mol. The standard InChI is InChI=1S/C19H19FN2O2/c1-13-8-9-16(12-17(13)20)22-11-10-21(14(2)18(22)23)19(24)15-6-4-3-5-7-15/h3-9,12,14H,10-11H2,1-2H3. The van der Waals surface area contributed by atoms with Gasteiger partial charge in [-0.1, -0.05) is 24.3 Å². The van der Waals surface area contributed by atoms with E-state index in [9.17, 15) is 14.0 Å². The number of halogens is 1. The first-order chi connectivity index (χ1) is 11.5. The Morgan fingerprint density at radius 1 is 1.12 bits per heavy atom. The maximum atomic E-state index is 13.8. The molecule has 24 heavy (non-hydrogen) atoms. The Morgan fingerprint density at radius 3 is 2.50 bits per heavy atom. The van der Waals surface area contributed by atoms with Gasteiger partial charge in [0.2, 0.25) is 5.91 Å². The van der Waals surface area contributed by atoms with Crippen LogP contribution in [0.25, 0.3) is 0 Å². The molecule has 5 heteroatoms. The van der Waals surface area contributed by atoms with E-state index in [1.54, 1.807) is 60.0 Å². The molecule has 2 aromatic carbocycles. The average Bonchev–Trinajstić information content (AvgIpc) is 2.60. The van der Waals surface area contributed by atoms with Gasteiger partial charge in [-0.15, -0.1) is 0 Å². The van der Waals surface area contributed by atoms with Crippen LogP contribution < -0.4 is 4.90 Å². The van der Waals surface area contributed by atoms with Crippen LogP contribution >= 0.6 is 0 Å². The summed E-state index contributed by atoms with van der Waals surface area (Å²) >= 11 is 0. The molecule has 0 aromatic heterocycles. The predicted molar refractivity (Wildman–Crippen MR) is 90.4 cm³/mol. The van der Waals surface area contributed by atoms with Crippen LogP contribution in [-0.4, -0.2) is 35.8 Å². The summed E-state index contributed by atoms with van der Waals surface area (Å²) in [6, 6.07) is 13.1. The lowest BCUT2D eigenvalue weighted by Gasteiger charge is -2.39. The van der Waals surface area contributed by atoms with E-state index in [4.69, 9.17) is 0 Å². The van der Waals surface area contributed by atoms with Gasteiger partial charge in [0.05, 0.1) is 0 Å². The molecule has 3 rings (SSSR count). The van der Waals surface area contributed by atoms with Crippen molar-refractivity contribution in [2.24, 2.45) is 0 Å². The second-order valence-corrected chi connectivity index (χ2v) is 5.96. The molecule has 2 aromatic rings. The van der Waals surface area contributed by atoms with Crippen LogP contribution in [0.5, 0.6) is 0 Å². The van der Waals surface area contributed by atoms with Crippen LogP contribution in [0.15, 0.2) is 48.5 Å². The number of carbonyl (C=O) groups is 2. The average molecular weight is 326 g/mol. The Labute approximate surface area is 140 Å². The van der Waals surface area contributed by atoms with E-state index in [0.29, 0.717) is 29.9 Å². The molecule has 1 unspecified atom stereocenters. The van der Waals surface area contributed by atoms with Gasteiger partial charge >= 0.3 is 0 Å². The third-order valence-electron chi connectivity index (χ3n) is 4.40. The maximum Gasteiger partial charge on any atom is 0.254 e. The summed E-state index contributed by atoms with van der Waals surface area (Å²) in [4.78, 5) is 28.4. The summed E-state index contributed by atoms with van der Waals surface area (Å²) in [5.74, 6) is -0.698. The summed E-state index contributed by atoms with van der Waals surface area (Å²) in [7, 11) is 0. The number of piperazine rings is 1. The lowest BCUT2D eigenvalue weighted by atomic mass is 10.1. The zero-order chi connectivity index (χ0) is 17.3. The van der Waals surface area contributed by atoms with Gasteiger partial charge in [-0.2, -0.15) is 0 Å². The number of benzene rings is 2. The van der Waals surface area contributed by atoms with E-state index in [1.807, 2.05) is 6.07 Å². The molecule has 0 N–H and O–H groups in total. The Balaban J connectivity index is 1.81. The van der Waals surface area contributed by atoms with E-state index in [1.165, 1.54) is 6.07 Å². The summed E-state index contributed by atoms with van der Waals surface area (Å²) in [5.41, 5.74) is 1.63. The zero-order valence-corrected chi connectivity index (χ0v) is 13.7. The van der Waals surface area contributed by atoms with Gasteiger partial charge in [-0.3, -0.25) is 9.59 Å². The highest BCUT2D eigenvalue weighted by Gasteiger charge is 2.35. The minimum absolute atomic E-state index is 0.161. The molecule has 4 nitrogen and oxygen atoms in total. The number of carbonyl (C=O) groups excluding carboxylic acids is 2. The van der Waals surface area contributed by atoms with E-state index in [-0.39, 0.29) is 17.6 Å². The molecule has 0 radical (unpaired) electrons. The van der Waals surface area contributed by atoms with Crippen LogP contribution in [0.3, 0.4) is 0 Å². The first kappa shape index (κ1) is 16.2. The first-order valence-corrected chi connectivity index (χ1v) is 7.92. The highest BCUT2D eigenvalue weighted by molar-refractivity contribution is 6.03. The minimum atomic E-state index is -0.587. The van der Waals surface area contributed by atoms with Crippen LogP contribution in [0.1, 0.15) is 22.8 Å². The highest BCUT2D eigenvalue weighted by Crippen LogP contribution is 2.23. The normalized spacial score (nSPS) is 18.0. The highest BCUT2D eigenvalue weighted by atomic mass is 19.1. The van der Waals surface area contributed by atoms with Gasteiger partial charge in [0.25, 0.3) is 5.91 Å². The SMILES string of the molecule is Cc1ccc(N2CCN(C(=O)c3ccccc3)C(C)C2=O)cc1F. The van der Waals surface area contributed by atoms with Crippen molar-refractivity contribution in [2.45, 2.75) is 19.9 Å². The van der Waals surface area contributed by atoms with Crippen molar-refractivity contribution < 1.29 is 14.0 Å². The largest absolute Gasteiger partial charge is 0.325 e. The minimum Gasteiger partial charge on any atom is -0.325 e. The third-order valence-corrected chi connectivity index (χ3v) is 4.40. The predicted octanol–water partition coefficient (Wildman–Crippen LogP) is 3.01. The monoisotopic (exact) mass is 326 g/mol. The van der Waals surface area contributed by atoms with Crippen LogP contribution in [0.4, 0.5) is 10.1 Å². The summed E-state index contributed by atoms with van der Waals surface area (Å²) in [6.07, 6.45) is 0. The van der Waals surface area contributed by atoms with Crippen molar-refractivity contribution in [2.75, 3.05) is 18.0 Å². The van der Waals surface area contributed by atoms with Gasteiger partial charge in [0.15, 0.2) is 0 Å². The Kier molecular flexibility index (Phi) is 4.34. The summed E-state index contributed by atoms with van der Waals surface area (Å²) < 4.78 is 13.8. The third kappa shape index (κ3) is 2.89. The Morgan fingerprint density at radius 2 is 1.83 bits per heavy atom. The quantitative estimate of drug-likeness (QED) is 0.851. The molecular formula is C19H19FN2O2. The molecule has 2 amide bonds. The van der Waals surface area contributed by atoms with Gasteiger partial charge < -0.3 is 9.80 Å². The fourth-order valence-electron chi connectivity index (χ4n) is 2.90. The molecule has 0 spiro atoms. The van der Waals surface area contributed by atoms with Crippen LogP contribution in [-0.2, 0) is 4.79 Å². The Bertz CT molecular complexity index is 776. The van der Waals surface area contributed by atoms with E-state index < -0.39 is 6.04 Å². The second-order valence-electron chi connectivity index (χ2n) is 5.96. The number of rotatable bonds is 2. The summed E-state index contributed by atoms with van der Waals surface area (Å²) in [6.45, 7) is 4.15. The summed E-state index contributed by atoms with van der Waals surface area (Å²) in [5, 5.41) is 0. The van der Waals surface area contributed by atoms with Crippen molar-refractivity contribution in [1.82, 2.24) is 4.90 Å². The lowest BCUT2D eigenvalue weighted by Crippen LogP contribution is -2.57. The molecule has 124 valence electrons. The zero-order valence-electron chi connectivity index (χ0n) is 13.7. The smallest absolute Gasteiger partial charge is 0.254 e. The number of nitrogens with zero attached hydrogens (tertiary/aromatic N) is 2. The van der Waals surface area contributed by atoms with E-state index in [0.717, 1.165) is 0 Å². The molecule has 1 aliphatic heterocycles. The van der Waals surface area contributed by atoms with Gasteiger partial charge in [-0.05, 0) is 43.7 Å². The molecule has 0 aliphatic carbocycles. The molecule has 1 atom stereocenters. The molecule has 1 aliphatic rings. The van der Waals surface area contributed by atoms with E-state index in [2.05, 4.69) is 0 Å². The topological polar surface area (TPSA) is 40.6 Å². The van der Waals surface area contributed by atoms with Gasteiger partial charge in [-0.25, -0.2) is 4.39 Å². The fraction of sp³-hybridized carbons (Fsp3) is 0.263. The van der Waals surface area contributed by atoms with Crippen LogP contribution in [0.2, 0.25) is 0 Å². The molecule has 1 heterocycles. The van der Waals surface area contributed by atoms with Crippen molar-refractivity contribution in [1.29, 1.82) is 0 Å². The molecule has 0 saturated carbocycles. The first-order valence-electron chi connectivity index (χ1n) is 7.92. The van der Waals surface area contributed by atoms with E-state index >= 15 is 0 Å². The van der Waals surface area contributed by atoms with Crippen LogP contribution in [0, 0.1) is 12.7 Å². The fourth-order valence-corrected chi connectivity index (χ4v) is 2.90. The number of hydrogen-bond donors (Lipinski definition) is 0. The molecule has 0 bridgehead atoms. The van der Waals surface area contributed by atoms with Crippen molar-refractivity contribution >= 4 is 17.5 Å². The van der Waals surface area contributed by atoms with Gasteiger partial charge in [0, 0.05) is 24.3 Å². The van der Waals surface area contributed by atoms with Crippen molar-refractivity contribution in [3.05, 3.63) is 65.5 Å². The number of aryl methyl sites for hydroxylation is 1. The van der Waals surface area contributed by atoms with Crippen molar-refractivity contribution in [3.8, 4) is 0 Å². The second kappa shape index (κ2) is 6.43. The molecule has 1 saturated heterocycles. The lowest BCUT2D eigenvalue weighted by molar-refractivity contribution is -0.124. The maximum absolute atomic E-state index is 13.8. The van der Waals surface area contributed by atoms with Crippen molar-refractivity contribution in [3.63, 3.8) is 0 Å². The number of anilines is 1. The number of amides is 2. The molecule has 1 fully saturated rings.